The van der Waals surface area contributed by atoms with Gasteiger partial charge in [-0.25, -0.2) is 0 Å². The van der Waals surface area contributed by atoms with E-state index in [-0.39, 0.29) is 12.7 Å². The molecule has 1 unspecified atom stereocenters. The first-order valence-electron chi connectivity index (χ1n) is 6.43. The third kappa shape index (κ3) is 3.83. The predicted octanol–water partition coefficient (Wildman–Crippen LogP) is 0.897. The number of hydrogen-bond donors (Lipinski definition) is 1. The highest BCUT2D eigenvalue weighted by Gasteiger charge is 2.19. The molecule has 0 bridgehead atoms. The Balaban J connectivity index is 1.97. The third-order valence-corrected chi connectivity index (χ3v) is 3.18. The summed E-state index contributed by atoms with van der Waals surface area (Å²) in [5.41, 5.74) is 0.803. The summed E-state index contributed by atoms with van der Waals surface area (Å²) in [4.78, 5) is 2.22. The van der Waals surface area contributed by atoms with E-state index in [9.17, 15) is 0 Å². The molecule has 1 aliphatic heterocycles. The van der Waals surface area contributed by atoms with Gasteiger partial charge in [-0.15, -0.1) is 0 Å². The van der Waals surface area contributed by atoms with Crippen LogP contribution in [0.15, 0.2) is 18.2 Å². The number of aliphatic hydroxyl groups excluding tert-OH is 1. The molecule has 0 saturated carbocycles. The minimum Gasteiger partial charge on any atom is -0.493 e. The van der Waals surface area contributed by atoms with E-state index >= 15 is 0 Å². The zero-order chi connectivity index (χ0) is 13.7. The lowest BCUT2D eigenvalue weighted by Crippen LogP contribution is -2.42. The molecular weight excluding hydrogens is 246 g/mol. The van der Waals surface area contributed by atoms with Gasteiger partial charge in [-0.1, -0.05) is 6.07 Å². The quantitative estimate of drug-likeness (QED) is 0.859. The van der Waals surface area contributed by atoms with Crippen molar-refractivity contribution in [3.8, 4) is 11.5 Å². The van der Waals surface area contributed by atoms with E-state index in [2.05, 4.69) is 11.9 Å². The van der Waals surface area contributed by atoms with Crippen LogP contribution in [-0.4, -0.2) is 56.6 Å². The molecule has 0 aliphatic carbocycles. The van der Waals surface area contributed by atoms with Gasteiger partial charge in [0.2, 0.25) is 0 Å². The second kappa shape index (κ2) is 6.75. The van der Waals surface area contributed by atoms with Gasteiger partial charge in [0.05, 0.1) is 20.3 Å². The lowest BCUT2D eigenvalue weighted by molar-refractivity contribution is -0.0406. The Morgan fingerprint density at radius 2 is 2.26 bits per heavy atom. The highest BCUT2D eigenvalue weighted by atomic mass is 16.5. The molecule has 5 heteroatoms. The van der Waals surface area contributed by atoms with Gasteiger partial charge in [0, 0.05) is 13.1 Å². The van der Waals surface area contributed by atoms with Crippen LogP contribution in [0, 0.1) is 0 Å². The van der Waals surface area contributed by atoms with Crippen LogP contribution in [0.25, 0.3) is 0 Å². The topological polar surface area (TPSA) is 51.2 Å². The average Bonchev–Trinajstić information content (AvgIpc) is 2.45. The molecule has 2 rings (SSSR count). The number of aliphatic hydroxyl groups is 1. The summed E-state index contributed by atoms with van der Waals surface area (Å²) in [6.45, 7) is 3.03. The van der Waals surface area contributed by atoms with E-state index in [1.807, 2.05) is 6.07 Å². The lowest BCUT2D eigenvalue weighted by Gasteiger charge is -2.30. The monoisotopic (exact) mass is 267 g/mol. The van der Waals surface area contributed by atoms with Crippen LogP contribution in [0.5, 0.6) is 11.5 Å². The van der Waals surface area contributed by atoms with Crippen LogP contribution >= 0.6 is 0 Å². The Kier molecular flexibility index (Phi) is 5.01. The minimum absolute atomic E-state index is 0.0109. The molecule has 0 amide bonds. The molecule has 1 saturated heterocycles. The van der Waals surface area contributed by atoms with Crippen LogP contribution in [-0.2, 0) is 11.3 Å². The summed E-state index contributed by atoms with van der Waals surface area (Å²) in [6.07, 6.45) is 0.0706. The van der Waals surface area contributed by atoms with Crippen molar-refractivity contribution in [2.45, 2.75) is 12.7 Å². The number of methoxy groups -OCH3 is 1. The maximum absolute atomic E-state index is 9.15. The average molecular weight is 267 g/mol. The molecule has 0 aromatic heterocycles. The zero-order valence-electron chi connectivity index (χ0n) is 11.5. The standard InChI is InChI=1S/C14H21NO4/c1-15-5-6-18-12(8-15)10-19-14-7-11(9-16)3-4-13(14)17-2/h3-4,7,12,16H,5-6,8-10H2,1-2H3. The predicted molar refractivity (Wildman–Crippen MR) is 71.6 cm³/mol. The Morgan fingerprint density at radius 3 is 2.95 bits per heavy atom. The Bertz CT molecular complexity index is 410. The fraction of sp³-hybridized carbons (Fsp3) is 0.571. The molecule has 1 aromatic rings. The summed E-state index contributed by atoms with van der Waals surface area (Å²) in [5.74, 6) is 1.31. The van der Waals surface area contributed by atoms with E-state index in [1.165, 1.54) is 0 Å². The minimum atomic E-state index is -0.0109. The fourth-order valence-corrected chi connectivity index (χ4v) is 2.08. The van der Waals surface area contributed by atoms with Gasteiger partial charge >= 0.3 is 0 Å². The van der Waals surface area contributed by atoms with Gasteiger partial charge in [0.25, 0.3) is 0 Å². The second-order valence-corrected chi connectivity index (χ2v) is 4.71. The van der Waals surface area contributed by atoms with E-state index < -0.39 is 0 Å². The van der Waals surface area contributed by atoms with Crippen LogP contribution in [0.4, 0.5) is 0 Å². The van der Waals surface area contributed by atoms with Gasteiger partial charge in [-0.3, -0.25) is 0 Å². The van der Waals surface area contributed by atoms with E-state index in [0.29, 0.717) is 18.1 Å². The number of likely N-dealkylation sites (N-methyl/N-ethyl adjacent to an activating group) is 1. The molecule has 19 heavy (non-hydrogen) atoms. The van der Waals surface area contributed by atoms with Crippen molar-refractivity contribution in [1.29, 1.82) is 0 Å². The molecule has 1 aliphatic rings. The second-order valence-electron chi connectivity index (χ2n) is 4.71. The molecule has 0 spiro atoms. The van der Waals surface area contributed by atoms with Gasteiger partial charge in [-0.2, -0.15) is 0 Å². The van der Waals surface area contributed by atoms with Crippen molar-refractivity contribution in [3.05, 3.63) is 23.8 Å². The molecule has 1 aromatic carbocycles. The zero-order valence-corrected chi connectivity index (χ0v) is 11.5. The van der Waals surface area contributed by atoms with Crippen molar-refractivity contribution >= 4 is 0 Å². The molecule has 1 N–H and O–H groups in total. The van der Waals surface area contributed by atoms with Gasteiger partial charge in [-0.05, 0) is 24.7 Å². The first-order chi connectivity index (χ1) is 9.22. The Hall–Kier alpha value is -1.30. The smallest absolute Gasteiger partial charge is 0.161 e. The van der Waals surface area contributed by atoms with Gasteiger partial charge < -0.3 is 24.2 Å². The van der Waals surface area contributed by atoms with Crippen molar-refractivity contribution in [1.82, 2.24) is 4.90 Å². The van der Waals surface area contributed by atoms with Crippen molar-refractivity contribution in [2.24, 2.45) is 0 Å². The van der Waals surface area contributed by atoms with Crippen LogP contribution in [0.2, 0.25) is 0 Å². The molecular formula is C14H21NO4. The molecule has 106 valence electrons. The van der Waals surface area contributed by atoms with Gasteiger partial charge in [0.1, 0.15) is 12.7 Å². The number of benzene rings is 1. The van der Waals surface area contributed by atoms with Crippen molar-refractivity contribution < 1.29 is 19.3 Å². The lowest BCUT2D eigenvalue weighted by atomic mass is 10.2. The highest BCUT2D eigenvalue weighted by molar-refractivity contribution is 5.42. The number of rotatable bonds is 5. The summed E-state index contributed by atoms with van der Waals surface area (Å²) in [7, 11) is 3.67. The summed E-state index contributed by atoms with van der Waals surface area (Å²) in [6, 6.07) is 5.41. The molecule has 1 heterocycles. The first-order valence-corrected chi connectivity index (χ1v) is 6.43. The van der Waals surface area contributed by atoms with Crippen molar-refractivity contribution in [3.63, 3.8) is 0 Å². The van der Waals surface area contributed by atoms with E-state index in [4.69, 9.17) is 19.3 Å². The van der Waals surface area contributed by atoms with E-state index in [0.717, 1.165) is 25.3 Å². The van der Waals surface area contributed by atoms with Crippen LogP contribution in [0.3, 0.4) is 0 Å². The highest BCUT2D eigenvalue weighted by Crippen LogP contribution is 2.28. The molecule has 5 nitrogen and oxygen atoms in total. The maximum Gasteiger partial charge on any atom is 0.161 e. The maximum atomic E-state index is 9.15. The SMILES string of the molecule is COc1ccc(CO)cc1OCC1CN(C)CCO1. The molecule has 1 fully saturated rings. The van der Waals surface area contributed by atoms with Crippen molar-refractivity contribution in [2.75, 3.05) is 40.5 Å². The number of ether oxygens (including phenoxy) is 3. The molecule has 1 atom stereocenters. The van der Waals surface area contributed by atoms with E-state index in [1.54, 1.807) is 19.2 Å². The largest absolute Gasteiger partial charge is 0.493 e. The fourth-order valence-electron chi connectivity index (χ4n) is 2.08. The first kappa shape index (κ1) is 14.1. The van der Waals surface area contributed by atoms with Crippen LogP contribution < -0.4 is 9.47 Å². The third-order valence-electron chi connectivity index (χ3n) is 3.18. The van der Waals surface area contributed by atoms with Gasteiger partial charge in [0.15, 0.2) is 11.5 Å². The summed E-state index contributed by atoms with van der Waals surface area (Å²) >= 11 is 0. The Morgan fingerprint density at radius 1 is 1.42 bits per heavy atom. The number of hydrogen-bond acceptors (Lipinski definition) is 5. The normalized spacial score (nSPS) is 20.3. The summed E-state index contributed by atoms with van der Waals surface area (Å²) < 4.78 is 16.7. The number of nitrogens with zero attached hydrogens (tertiary/aromatic N) is 1. The molecule has 0 radical (unpaired) electrons. The Labute approximate surface area is 113 Å². The van der Waals surface area contributed by atoms with Crippen LogP contribution in [0.1, 0.15) is 5.56 Å². The number of morpholine rings is 1. The summed E-state index contributed by atoms with van der Waals surface area (Å²) in [5, 5.41) is 9.15.